The quantitative estimate of drug-likeness (QED) is 0.700. The first-order chi connectivity index (χ1) is 7.36. The minimum Gasteiger partial charge on any atom is -0.494 e. The Balaban J connectivity index is 2.35. The standard InChI is InChI=1S/C12H19NO2/c1-2-9-14-11-4-6-12(7-5-11)15-10-3-8-13/h4-7H,2-3,8-10,13H2,1H3. The second-order valence-corrected chi connectivity index (χ2v) is 3.31. The first kappa shape index (κ1) is 11.9. The fourth-order valence-corrected chi connectivity index (χ4v) is 1.13. The SMILES string of the molecule is CCCOc1ccc(OCCCN)cc1. The van der Waals surface area contributed by atoms with Crippen LogP contribution in [0.15, 0.2) is 24.3 Å². The minimum atomic E-state index is 0.664. The average Bonchev–Trinajstić information content (AvgIpc) is 2.28. The molecule has 0 amide bonds. The molecule has 0 saturated carbocycles. The molecule has 0 spiro atoms. The lowest BCUT2D eigenvalue weighted by Gasteiger charge is -2.07. The Morgan fingerprint density at radius 1 is 1.00 bits per heavy atom. The van der Waals surface area contributed by atoms with E-state index in [-0.39, 0.29) is 0 Å². The van der Waals surface area contributed by atoms with Crippen LogP contribution in [0.1, 0.15) is 19.8 Å². The molecular weight excluding hydrogens is 190 g/mol. The molecular formula is C12H19NO2. The van der Waals surface area contributed by atoms with Crippen LogP contribution >= 0.6 is 0 Å². The van der Waals surface area contributed by atoms with E-state index in [0.29, 0.717) is 13.2 Å². The van der Waals surface area contributed by atoms with E-state index in [9.17, 15) is 0 Å². The van der Waals surface area contributed by atoms with Gasteiger partial charge in [0.2, 0.25) is 0 Å². The molecule has 2 N–H and O–H groups in total. The largest absolute Gasteiger partial charge is 0.494 e. The van der Waals surface area contributed by atoms with Crippen LogP contribution in [0.3, 0.4) is 0 Å². The molecule has 0 aliphatic carbocycles. The van der Waals surface area contributed by atoms with Crippen molar-refractivity contribution in [2.75, 3.05) is 19.8 Å². The van der Waals surface area contributed by atoms with Crippen LogP contribution in [-0.2, 0) is 0 Å². The molecule has 0 radical (unpaired) electrons. The van der Waals surface area contributed by atoms with Crippen molar-refractivity contribution in [3.63, 3.8) is 0 Å². The highest BCUT2D eigenvalue weighted by molar-refractivity contribution is 5.31. The van der Waals surface area contributed by atoms with Crippen molar-refractivity contribution in [1.82, 2.24) is 0 Å². The third kappa shape index (κ3) is 4.70. The summed E-state index contributed by atoms with van der Waals surface area (Å²) in [6.45, 7) is 4.18. The highest BCUT2D eigenvalue weighted by Gasteiger charge is 1.95. The van der Waals surface area contributed by atoms with Crippen molar-refractivity contribution in [2.45, 2.75) is 19.8 Å². The monoisotopic (exact) mass is 209 g/mol. The van der Waals surface area contributed by atoms with Crippen molar-refractivity contribution < 1.29 is 9.47 Å². The van der Waals surface area contributed by atoms with Crippen LogP contribution in [0, 0.1) is 0 Å². The first-order valence-electron chi connectivity index (χ1n) is 5.42. The normalized spacial score (nSPS) is 10.0. The Labute approximate surface area is 91.2 Å². The Kier molecular flexibility index (Phi) is 5.63. The van der Waals surface area contributed by atoms with E-state index in [2.05, 4.69) is 6.92 Å². The summed E-state index contributed by atoms with van der Waals surface area (Å²) in [4.78, 5) is 0. The molecule has 0 aromatic heterocycles. The zero-order valence-corrected chi connectivity index (χ0v) is 9.24. The van der Waals surface area contributed by atoms with Crippen molar-refractivity contribution in [3.05, 3.63) is 24.3 Å². The van der Waals surface area contributed by atoms with Crippen LogP contribution in [-0.4, -0.2) is 19.8 Å². The summed E-state index contributed by atoms with van der Waals surface area (Å²) in [5.41, 5.74) is 5.37. The van der Waals surface area contributed by atoms with E-state index in [0.717, 1.165) is 30.9 Å². The minimum absolute atomic E-state index is 0.664. The van der Waals surface area contributed by atoms with Gasteiger partial charge in [0, 0.05) is 0 Å². The third-order valence-corrected chi connectivity index (χ3v) is 1.91. The van der Waals surface area contributed by atoms with E-state index in [4.69, 9.17) is 15.2 Å². The number of ether oxygens (including phenoxy) is 2. The Bertz CT molecular complexity index is 259. The maximum Gasteiger partial charge on any atom is 0.119 e. The maximum atomic E-state index is 5.47. The van der Waals surface area contributed by atoms with Crippen LogP contribution in [0.5, 0.6) is 11.5 Å². The summed E-state index contributed by atoms with van der Waals surface area (Å²) in [6, 6.07) is 7.68. The smallest absolute Gasteiger partial charge is 0.119 e. The molecule has 1 aromatic carbocycles. The molecule has 0 saturated heterocycles. The third-order valence-electron chi connectivity index (χ3n) is 1.91. The molecule has 0 aliphatic rings. The zero-order chi connectivity index (χ0) is 10.9. The van der Waals surface area contributed by atoms with Gasteiger partial charge in [0.05, 0.1) is 13.2 Å². The van der Waals surface area contributed by atoms with E-state index >= 15 is 0 Å². The van der Waals surface area contributed by atoms with Gasteiger partial charge in [-0.05, 0) is 43.7 Å². The summed E-state index contributed by atoms with van der Waals surface area (Å²) in [5, 5.41) is 0. The van der Waals surface area contributed by atoms with Gasteiger partial charge in [0.1, 0.15) is 11.5 Å². The van der Waals surface area contributed by atoms with Gasteiger partial charge >= 0.3 is 0 Å². The van der Waals surface area contributed by atoms with Gasteiger partial charge in [-0.3, -0.25) is 0 Å². The number of hydrogen-bond donors (Lipinski definition) is 1. The van der Waals surface area contributed by atoms with Crippen LogP contribution in [0.4, 0.5) is 0 Å². The van der Waals surface area contributed by atoms with Crippen molar-refractivity contribution in [3.8, 4) is 11.5 Å². The summed E-state index contributed by atoms with van der Waals surface area (Å²) >= 11 is 0. The number of hydrogen-bond acceptors (Lipinski definition) is 3. The topological polar surface area (TPSA) is 44.5 Å². The highest BCUT2D eigenvalue weighted by atomic mass is 16.5. The average molecular weight is 209 g/mol. The molecule has 0 aliphatic heterocycles. The molecule has 0 bridgehead atoms. The molecule has 1 rings (SSSR count). The van der Waals surface area contributed by atoms with Crippen LogP contribution in [0.25, 0.3) is 0 Å². The fourth-order valence-electron chi connectivity index (χ4n) is 1.13. The van der Waals surface area contributed by atoms with Crippen molar-refractivity contribution in [1.29, 1.82) is 0 Å². The predicted molar refractivity (Wildman–Crippen MR) is 61.4 cm³/mol. The van der Waals surface area contributed by atoms with E-state index in [1.54, 1.807) is 0 Å². The second kappa shape index (κ2) is 7.12. The summed E-state index contributed by atoms with van der Waals surface area (Å²) < 4.78 is 10.9. The van der Waals surface area contributed by atoms with Gasteiger partial charge in [0.15, 0.2) is 0 Å². The second-order valence-electron chi connectivity index (χ2n) is 3.31. The summed E-state index contributed by atoms with van der Waals surface area (Å²) in [7, 11) is 0. The first-order valence-corrected chi connectivity index (χ1v) is 5.42. The molecule has 15 heavy (non-hydrogen) atoms. The number of benzene rings is 1. The lowest BCUT2D eigenvalue weighted by Crippen LogP contribution is -2.06. The number of nitrogens with two attached hydrogens (primary N) is 1. The molecule has 0 atom stereocenters. The van der Waals surface area contributed by atoms with Crippen LogP contribution in [0.2, 0.25) is 0 Å². The molecule has 3 heteroatoms. The summed E-state index contributed by atoms with van der Waals surface area (Å²) in [6.07, 6.45) is 1.91. The van der Waals surface area contributed by atoms with Gasteiger partial charge in [0.25, 0.3) is 0 Å². The van der Waals surface area contributed by atoms with Gasteiger partial charge in [-0.2, -0.15) is 0 Å². The number of rotatable bonds is 7. The summed E-state index contributed by atoms with van der Waals surface area (Å²) in [5.74, 6) is 1.76. The van der Waals surface area contributed by atoms with Gasteiger partial charge in [-0.25, -0.2) is 0 Å². The van der Waals surface area contributed by atoms with E-state index in [1.807, 2.05) is 24.3 Å². The van der Waals surface area contributed by atoms with E-state index in [1.165, 1.54) is 0 Å². The molecule has 0 fully saturated rings. The van der Waals surface area contributed by atoms with Crippen molar-refractivity contribution in [2.24, 2.45) is 5.73 Å². The maximum absolute atomic E-state index is 5.47. The van der Waals surface area contributed by atoms with E-state index < -0.39 is 0 Å². The van der Waals surface area contributed by atoms with Gasteiger partial charge < -0.3 is 15.2 Å². The Morgan fingerprint density at radius 2 is 1.53 bits per heavy atom. The van der Waals surface area contributed by atoms with Crippen LogP contribution < -0.4 is 15.2 Å². The van der Waals surface area contributed by atoms with Crippen molar-refractivity contribution >= 4 is 0 Å². The molecule has 84 valence electrons. The molecule has 1 aromatic rings. The van der Waals surface area contributed by atoms with Gasteiger partial charge in [-0.15, -0.1) is 0 Å². The molecule has 0 heterocycles. The Hall–Kier alpha value is -1.22. The zero-order valence-electron chi connectivity index (χ0n) is 9.24. The molecule has 3 nitrogen and oxygen atoms in total. The lowest BCUT2D eigenvalue weighted by molar-refractivity contribution is 0.306. The lowest BCUT2D eigenvalue weighted by atomic mass is 10.3. The molecule has 0 unspecified atom stereocenters. The Morgan fingerprint density at radius 3 is 2.00 bits per heavy atom. The fraction of sp³-hybridized carbons (Fsp3) is 0.500. The highest BCUT2D eigenvalue weighted by Crippen LogP contribution is 2.17. The predicted octanol–water partition coefficient (Wildman–Crippen LogP) is 2.20. The van der Waals surface area contributed by atoms with Gasteiger partial charge in [-0.1, -0.05) is 6.92 Å².